The van der Waals surface area contributed by atoms with Gasteiger partial charge in [0.25, 0.3) is 5.56 Å². The zero-order valence-corrected chi connectivity index (χ0v) is 13.5. The third-order valence-electron chi connectivity index (χ3n) is 3.49. The number of anilines is 3. The Morgan fingerprint density at radius 2 is 2.12 bits per heavy atom. The fourth-order valence-electron chi connectivity index (χ4n) is 2.39. The fraction of sp³-hybridized carbons (Fsp3) is 0.235. The minimum atomic E-state index is -0.556. The molecule has 124 valence electrons. The molecule has 0 spiro atoms. The van der Waals surface area contributed by atoms with Crippen LogP contribution in [0.1, 0.15) is 12.5 Å². The van der Waals surface area contributed by atoms with Crippen LogP contribution in [0.25, 0.3) is 10.8 Å². The van der Waals surface area contributed by atoms with Crippen LogP contribution in [0.4, 0.5) is 17.5 Å². The second-order valence-corrected chi connectivity index (χ2v) is 5.70. The summed E-state index contributed by atoms with van der Waals surface area (Å²) in [6, 6.07) is 7.42. The number of aryl methyl sites for hydroxylation is 1. The Bertz CT molecular complexity index is 920. The smallest absolute Gasteiger partial charge is 0.259 e. The van der Waals surface area contributed by atoms with Crippen molar-refractivity contribution in [1.82, 2.24) is 15.0 Å². The molecule has 0 radical (unpaired) electrons. The average Bonchev–Trinajstić information content (AvgIpc) is 2.52. The predicted molar refractivity (Wildman–Crippen MR) is 94.8 cm³/mol. The van der Waals surface area contributed by atoms with E-state index in [-0.39, 0.29) is 5.56 Å². The van der Waals surface area contributed by atoms with Crippen LogP contribution >= 0.6 is 0 Å². The van der Waals surface area contributed by atoms with E-state index in [4.69, 9.17) is 0 Å². The molecule has 7 nitrogen and oxygen atoms in total. The minimum Gasteiger partial charge on any atom is -0.392 e. The number of nitrogens with zero attached hydrogens (tertiary/aromatic N) is 2. The molecule has 0 bridgehead atoms. The van der Waals surface area contributed by atoms with Crippen molar-refractivity contribution in [1.29, 1.82) is 0 Å². The molecule has 3 aromatic rings. The van der Waals surface area contributed by atoms with E-state index in [1.54, 1.807) is 31.5 Å². The van der Waals surface area contributed by atoms with Gasteiger partial charge < -0.3 is 20.7 Å². The van der Waals surface area contributed by atoms with E-state index >= 15 is 0 Å². The van der Waals surface area contributed by atoms with Crippen LogP contribution in [0, 0.1) is 6.92 Å². The van der Waals surface area contributed by atoms with Crippen LogP contribution in [0.5, 0.6) is 0 Å². The first-order valence-corrected chi connectivity index (χ1v) is 7.67. The van der Waals surface area contributed by atoms with Crippen LogP contribution in [0.3, 0.4) is 0 Å². The molecular formula is C17H19N5O2. The Morgan fingerprint density at radius 1 is 1.29 bits per heavy atom. The number of rotatable bonds is 5. The molecule has 0 unspecified atom stereocenters. The predicted octanol–water partition coefficient (Wildman–Crippen LogP) is 2.16. The van der Waals surface area contributed by atoms with Crippen LogP contribution in [0.15, 0.2) is 41.5 Å². The van der Waals surface area contributed by atoms with Crippen LogP contribution in [-0.4, -0.2) is 32.7 Å². The maximum absolute atomic E-state index is 12.1. The van der Waals surface area contributed by atoms with Crippen molar-refractivity contribution in [2.75, 3.05) is 17.2 Å². The SMILES string of the molecule is Cc1ccnc(Nc2cc3cc[nH]c(=O)c3c(NC[C@H](C)O)n2)c1. The largest absolute Gasteiger partial charge is 0.392 e. The first-order valence-electron chi connectivity index (χ1n) is 7.67. The average molecular weight is 325 g/mol. The molecule has 0 aliphatic heterocycles. The van der Waals surface area contributed by atoms with Gasteiger partial charge in [-0.05, 0) is 49.1 Å². The highest BCUT2D eigenvalue weighted by atomic mass is 16.3. The first-order chi connectivity index (χ1) is 11.5. The van der Waals surface area contributed by atoms with Crippen LogP contribution < -0.4 is 16.2 Å². The second kappa shape index (κ2) is 6.67. The number of hydrogen-bond donors (Lipinski definition) is 4. The summed E-state index contributed by atoms with van der Waals surface area (Å²) < 4.78 is 0. The van der Waals surface area contributed by atoms with E-state index in [0.717, 1.165) is 10.9 Å². The number of nitrogens with one attached hydrogen (secondary N) is 3. The first kappa shape index (κ1) is 15.9. The lowest BCUT2D eigenvalue weighted by atomic mass is 10.2. The Labute approximate surface area is 138 Å². The zero-order chi connectivity index (χ0) is 17.1. The molecule has 0 aliphatic carbocycles. The summed E-state index contributed by atoms with van der Waals surface area (Å²) in [6.07, 6.45) is 2.76. The van der Waals surface area contributed by atoms with Crippen LogP contribution in [0.2, 0.25) is 0 Å². The number of aliphatic hydroxyl groups is 1. The van der Waals surface area contributed by atoms with Gasteiger partial charge in [-0.15, -0.1) is 0 Å². The number of aromatic nitrogens is 3. The highest BCUT2D eigenvalue weighted by molar-refractivity contribution is 5.93. The maximum atomic E-state index is 12.1. The lowest BCUT2D eigenvalue weighted by molar-refractivity contribution is 0.208. The lowest BCUT2D eigenvalue weighted by Crippen LogP contribution is -2.18. The van der Waals surface area contributed by atoms with Crippen molar-refractivity contribution >= 4 is 28.2 Å². The molecule has 0 aromatic carbocycles. The van der Waals surface area contributed by atoms with Gasteiger partial charge in [0.05, 0.1) is 11.5 Å². The van der Waals surface area contributed by atoms with E-state index in [1.807, 2.05) is 19.1 Å². The van der Waals surface area contributed by atoms with Gasteiger partial charge in [-0.25, -0.2) is 9.97 Å². The number of aliphatic hydroxyl groups excluding tert-OH is 1. The van der Waals surface area contributed by atoms with Gasteiger partial charge in [-0.1, -0.05) is 0 Å². The minimum absolute atomic E-state index is 0.228. The van der Waals surface area contributed by atoms with E-state index in [0.29, 0.717) is 29.4 Å². The summed E-state index contributed by atoms with van der Waals surface area (Å²) in [7, 11) is 0. The van der Waals surface area contributed by atoms with E-state index < -0.39 is 6.10 Å². The molecule has 7 heteroatoms. The normalized spacial score (nSPS) is 12.1. The van der Waals surface area contributed by atoms with Crippen molar-refractivity contribution in [2.24, 2.45) is 0 Å². The second-order valence-electron chi connectivity index (χ2n) is 5.70. The summed E-state index contributed by atoms with van der Waals surface area (Å²) in [5.41, 5.74) is 0.852. The van der Waals surface area contributed by atoms with Gasteiger partial charge in [-0.3, -0.25) is 4.79 Å². The van der Waals surface area contributed by atoms with Gasteiger partial charge in [-0.2, -0.15) is 0 Å². The molecule has 3 aromatic heterocycles. The maximum Gasteiger partial charge on any atom is 0.259 e. The number of H-pyrrole nitrogens is 1. The third kappa shape index (κ3) is 3.52. The molecule has 3 heterocycles. The highest BCUT2D eigenvalue weighted by Gasteiger charge is 2.10. The van der Waals surface area contributed by atoms with Gasteiger partial charge in [0.1, 0.15) is 17.5 Å². The topological polar surface area (TPSA) is 103 Å². The van der Waals surface area contributed by atoms with Crippen molar-refractivity contribution in [2.45, 2.75) is 20.0 Å². The Morgan fingerprint density at radius 3 is 2.88 bits per heavy atom. The van der Waals surface area contributed by atoms with Crippen LogP contribution in [-0.2, 0) is 0 Å². The highest BCUT2D eigenvalue weighted by Crippen LogP contribution is 2.23. The molecule has 0 aliphatic rings. The molecule has 24 heavy (non-hydrogen) atoms. The van der Waals surface area contributed by atoms with Gasteiger partial charge in [0, 0.05) is 18.9 Å². The molecular weight excluding hydrogens is 306 g/mol. The molecule has 3 rings (SSSR count). The van der Waals surface area contributed by atoms with E-state index in [9.17, 15) is 9.90 Å². The van der Waals surface area contributed by atoms with Gasteiger partial charge in [0.15, 0.2) is 0 Å². The van der Waals surface area contributed by atoms with Gasteiger partial charge >= 0.3 is 0 Å². The van der Waals surface area contributed by atoms with Crippen molar-refractivity contribution < 1.29 is 5.11 Å². The Hall–Kier alpha value is -2.93. The number of hydrogen-bond acceptors (Lipinski definition) is 6. The summed E-state index contributed by atoms with van der Waals surface area (Å²) >= 11 is 0. The zero-order valence-electron chi connectivity index (χ0n) is 13.5. The summed E-state index contributed by atoms with van der Waals surface area (Å²) in [4.78, 5) is 23.5. The number of aromatic amines is 1. The van der Waals surface area contributed by atoms with E-state index in [1.165, 1.54) is 0 Å². The quantitative estimate of drug-likeness (QED) is 0.573. The summed E-state index contributed by atoms with van der Waals surface area (Å²) in [5, 5.41) is 16.9. The summed E-state index contributed by atoms with van der Waals surface area (Å²) in [5.74, 6) is 1.66. The molecule has 0 saturated carbocycles. The summed E-state index contributed by atoms with van der Waals surface area (Å²) in [6.45, 7) is 3.94. The van der Waals surface area contributed by atoms with Gasteiger partial charge in [0.2, 0.25) is 0 Å². The number of fused-ring (bicyclic) bond motifs is 1. The van der Waals surface area contributed by atoms with Crippen molar-refractivity contribution in [3.63, 3.8) is 0 Å². The molecule has 0 saturated heterocycles. The number of pyridine rings is 3. The van der Waals surface area contributed by atoms with Crippen molar-refractivity contribution in [3.05, 3.63) is 52.6 Å². The monoisotopic (exact) mass is 325 g/mol. The lowest BCUT2D eigenvalue weighted by Gasteiger charge is -2.13. The standard InChI is InChI=1S/C17H19N5O2/c1-10-3-5-18-13(7-10)21-14-8-12-4-6-19-17(24)15(12)16(22-14)20-9-11(2)23/h3-8,11,23H,9H2,1-2H3,(H,19,24)(H2,18,20,21,22)/t11-/m0/s1. The molecule has 1 atom stereocenters. The van der Waals surface area contributed by atoms with E-state index in [2.05, 4.69) is 25.6 Å². The molecule has 4 N–H and O–H groups in total. The molecule has 0 amide bonds. The Kier molecular flexibility index (Phi) is 4.43. The fourth-order valence-corrected chi connectivity index (χ4v) is 2.39. The molecule has 0 fully saturated rings. The Balaban J connectivity index is 2.04. The van der Waals surface area contributed by atoms with Crippen molar-refractivity contribution in [3.8, 4) is 0 Å². The third-order valence-corrected chi connectivity index (χ3v) is 3.49.